The largest absolute Gasteiger partial charge is 0.497 e. The highest BCUT2D eigenvalue weighted by atomic mass is 35.5. The quantitative estimate of drug-likeness (QED) is 0.381. The van der Waals surface area contributed by atoms with Gasteiger partial charge in [-0.05, 0) is 73.5 Å². The van der Waals surface area contributed by atoms with Crippen LogP contribution in [0.15, 0.2) is 54.6 Å². The summed E-state index contributed by atoms with van der Waals surface area (Å²) in [5.41, 5.74) is 2.13. The van der Waals surface area contributed by atoms with E-state index in [4.69, 9.17) is 32.7 Å². The Morgan fingerprint density at radius 3 is 2.42 bits per heavy atom. The van der Waals surface area contributed by atoms with Crippen LogP contribution in [0.1, 0.15) is 40.9 Å². The van der Waals surface area contributed by atoms with Crippen LogP contribution in [0, 0.1) is 0 Å². The molecule has 0 saturated heterocycles. The van der Waals surface area contributed by atoms with Gasteiger partial charge >= 0.3 is 0 Å². The summed E-state index contributed by atoms with van der Waals surface area (Å²) in [6, 6.07) is 16.0. The predicted molar refractivity (Wildman–Crippen MR) is 143 cm³/mol. The summed E-state index contributed by atoms with van der Waals surface area (Å²) in [6.07, 6.45) is 0. The zero-order valence-electron chi connectivity index (χ0n) is 20.9. The number of hydrogen-bond donors (Lipinski definition) is 0. The van der Waals surface area contributed by atoms with Gasteiger partial charge in [-0.3, -0.25) is 9.59 Å². The van der Waals surface area contributed by atoms with E-state index in [9.17, 15) is 9.59 Å². The van der Waals surface area contributed by atoms with E-state index in [1.165, 1.54) is 0 Å². The highest BCUT2D eigenvalue weighted by molar-refractivity contribution is 6.33. The fourth-order valence-corrected chi connectivity index (χ4v) is 5.09. The molecule has 4 rings (SSSR count). The van der Waals surface area contributed by atoms with E-state index in [0.717, 1.165) is 16.8 Å². The van der Waals surface area contributed by atoms with E-state index >= 15 is 0 Å². The van der Waals surface area contributed by atoms with Crippen LogP contribution in [-0.4, -0.2) is 44.5 Å². The molecule has 36 heavy (non-hydrogen) atoms. The number of nitrogens with zero attached hydrogens (tertiary/aromatic N) is 2. The first kappa shape index (κ1) is 25.9. The number of anilines is 1. The number of halogens is 2. The number of carbonyl (C=O) groups excluding carboxylic acids is 2. The number of hydrogen-bond acceptors (Lipinski definition) is 4. The molecule has 3 aromatic rings. The minimum Gasteiger partial charge on any atom is -0.497 e. The molecule has 0 aliphatic carbocycles. The lowest BCUT2D eigenvalue weighted by atomic mass is 9.76. The molecular weight excluding hydrogens is 499 g/mol. The molecule has 0 spiro atoms. The number of carbonyl (C=O) groups is 2. The van der Waals surface area contributed by atoms with Crippen LogP contribution in [0.3, 0.4) is 0 Å². The molecular formula is C28H28Cl2N2O4. The molecule has 6 nitrogen and oxygen atoms in total. The summed E-state index contributed by atoms with van der Waals surface area (Å²) in [6.45, 7) is 4.56. The Hall–Kier alpha value is -3.22. The van der Waals surface area contributed by atoms with Gasteiger partial charge in [-0.2, -0.15) is 0 Å². The summed E-state index contributed by atoms with van der Waals surface area (Å²) >= 11 is 13.1. The monoisotopic (exact) mass is 526 g/mol. The molecule has 0 aromatic heterocycles. The summed E-state index contributed by atoms with van der Waals surface area (Å²) < 4.78 is 10.9. The minimum absolute atomic E-state index is 0.143. The second-order valence-electron chi connectivity index (χ2n) is 8.87. The van der Waals surface area contributed by atoms with Crippen molar-refractivity contribution < 1.29 is 19.1 Å². The van der Waals surface area contributed by atoms with Crippen molar-refractivity contribution in [3.63, 3.8) is 0 Å². The lowest BCUT2D eigenvalue weighted by Gasteiger charge is -2.27. The van der Waals surface area contributed by atoms with E-state index in [1.807, 2.05) is 32.0 Å². The molecule has 8 heteroatoms. The maximum Gasteiger partial charge on any atom is 0.253 e. The van der Waals surface area contributed by atoms with Gasteiger partial charge in [0.05, 0.1) is 20.8 Å². The van der Waals surface area contributed by atoms with Gasteiger partial charge in [-0.25, -0.2) is 0 Å². The lowest BCUT2D eigenvalue weighted by molar-refractivity contribution is -0.121. The van der Waals surface area contributed by atoms with Gasteiger partial charge in [0, 0.05) is 46.5 Å². The molecule has 3 aromatic carbocycles. The normalized spacial score (nSPS) is 16.6. The Kier molecular flexibility index (Phi) is 7.21. The molecule has 1 atom stereocenters. The zero-order chi connectivity index (χ0) is 26.2. The Morgan fingerprint density at radius 1 is 1.00 bits per heavy atom. The Bertz CT molecular complexity index is 1340. The second-order valence-corrected chi connectivity index (χ2v) is 9.71. The van der Waals surface area contributed by atoms with Crippen LogP contribution in [0.5, 0.6) is 11.5 Å². The van der Waals surface area contributed by atoms with Gasteiger partial charge in [0.2, 0.25) is 5.91 Å². The molecule has 1 aliphatic heterocycles. The third-order valence-corrected chi connectivity index (χ3v) is 7.42. The van der Waals surface area contributed by atoms with E-state index in [-0.39, 0.29) is 18.4 Å². The summed E-state index contributed by atoms with van der Waals surface area (Å²) in [5, 5.41) is 0.905. The van der Waals surface area contributed by atoms with E-state index < -0.39 is 5.41 Å². The first-order chi connectivity index (χ1) is 17.1. The van der Waals surface area contributed by atoms with E-state index in [2.05, 4.69) is 0 Å². The average Bonchev–Trinajstić information content (AvgIpc) is 3.10. The maximum absolute atomic E-state index is 14.2. The molecule has 0 fully saturated rings. The fraction of sp³-hybridized carbons (Fsp3) is 0.286. The molecule has 0 radical (unpaired) electrons. The van der Waals surface area contributed by atoms with Gasteiger partial charge in [-0.15, -0.1) is 0 Å². The zero-order valence-corrected chi connectivity index (χ0v) is 22.4. The van der Waals surface area contributed by atoms with Gasteiger partial charge in [-0.1, -0.05) is 23.2 Å². The van der Waals surface area contributed by atoms with E-state index in [1.54, 1.807) is 67.5 Å². The van der Waals surface area contributed by atoms with Crippen molar-refractivity contribution in [3.05, 3.63) is 86.9 Å². The van der Waals surface area contributed by atoms with Crippen LogP contribution >= 0.6 is 23.2 Å². The highest BCUT2D eigenvalue weighted by Crippen LogP contribution is 2.49. The van der Waals surface area contributed by atoms with Crippen molar-refractivity contribution in [2.75, 3.05) is 32.7 Å². The third-order valence-electron chi connectivity index (χ3n) is 6.86. The number of ether oxygens (including phenoxy) is 2. The number of fused-ring (bicyclic) bond motifs is 1. The number of amides is 2. The molecule has 2 amide bonds. The molecule has 1 aliphatic rings. The summed E-state index contributed by atoms with van der Waals surface area (Å²) in [7, 11) is 4.90. The van der Waals surface area contributed by atoms with Gasteiger partial charge in [0.1, 0.15) is 16.9 Å². The van der Waals surface area contributed by atoms with Gasteiger partial charge in [0.15, 0.2) is 0 Å². The number of rotatable bonds is 7. The molecule has 188 valence electrons. The Labute approximate surface area is 221 Å². The third kappa shape index (κ3) is 4.29. The second kappa shape index (κ2) is 10.0. The smallest absolute Gasteiger partial charge is 0.253 e. The van der Waals surface area contributed by atoms with Crippen molar-refractivity contribution in [2.45, 2.75) is 25.8 Å². The number of benzene rings is 3. The topological polar surface area (TPSA) is 59.1 Å². The van der Waals surface area contributed by atoms with Crippen LogP contribution in [0.25, 0.3) is 0 Å². The van der Waals surface area contributed by atoms with Crippen molar-refractivity contribution >= 4 is 40.7 Å². The Morgan fingerprint density at radius 2 is 1.75 bits per heavy atom. The SMILES string of the molecule is CCN(C)C(=O)c1ccc(Cl)c(C2(C)C(=O)N(Cc3ccc(OC)cc3OC)c3ccc(Cl)cc32)c1. The molecule has 0 bridgehead atoms. The molecule has 0 N–H and O–H groups in total. The van der Waals surface area contributed by atoms with Crippen molar-refractivity contribution in [3.8, 4) is 11.5 Å². The van der Waals surface area contributed by atoms with Crippen LogP contribution in [0.4, 0.5) is 5.69 Å². The average molecular weight is 527 g/mol. The standard InChI is InChI=1S/C28H28Cl2N2O4/c1-6-31(3)26(33)17-8-11-23(30)21(13-17)28(2)22-14-19(29)9-12-24(22)32(27(28)34)16-18-7-10-20(35-4)15-25(18)36-5/h7-15H,6,16H2,1-5H3. The first-order valence-corrected chi connectivity index (χ1v) is 12.3. The van der Waals surface area contributed by atoms with Crippen LogP contribution in [-0.2, 0) is 16.8 Å². The molecule has 1 heterocycles. The van der Waals surface area contributed by atoms with Crippen molar-refractivity contribution in [2.24, 2.45) is 0 Å². The summed E-state index contributed by atoms with van der Waals surface area (Å²) in [4.78, 5) is 30.4. The summed E-state index contributed by atoms with van der Waals surface area (Å²) in [5.74, 6) is 0.953. The predicted octanol–water partition coefficient (Wildman–Crippen LogP) is 5.96. The fourth-order valence-electron chi connectivity index (χ4n) is 4.61. The van der Waals surface area contributed by atoms with Crippen LogP contribution in [0.2, 0.25) is 10.0 Å². The number of methoxy groups -OCH3 is 2. The van der Waals surface area contributed by atoms with Gasteiger partial charge < -0.3 is 19.3 Å². The van der Waals surface area contributed by atoms with E-state index in [0.29, 0.717) is 39.2 Å². The Balaban J connectivity index is 1.85. The minimum atomic E-state index is -1.15. The van der Waals surface area contributed by atoms with Crippen molar-refractivity contribution in [1.29, 1.82) is 0 Å². The van der Waals surface area contributed by atoms with Gasteiger partial charge in [0.25, 0.3) is 5.91 Å². The maximum atomic E-state index is 14.2. The first-order valence-electron chi connectivity index (χ1n) is 11.5. The van der Waals surface area contributed by atoms with Crippen molar-refractivity contribution in [1.82, 2.24) is 4.90 Å². The lowest BCUT2D eigenvalue weighted by Crippen LogP contribution is -2.39. The molecule has 0 saturated carbocycles. The molecule has 1 unspecified atom stereocenters. The van der Waals surface area contributed by atoms with Crippen LogP contribution < -0.4 is 14.4 Å². The highest BCUT2D eigenvalue weighted by Gasteiger charge is 2.50.